The van der Waals surface area contributed by atoms with Gasteiger partial charge in [0.05, 0.1) is 18.1 Å². The van der Waals surface area contributed by atoms with Gasteiger partial charge in [-0.2, -0.15) is 5.26 Å². The van der Waals surface area contributed by atoms with E-state index in [0.29, 0.717) is 11.3 Å². The lowest BCUT2D eigenvalue weighted by molar-refractivity contribution is -0.138. The minimum atomic E-state index is -0.864. The van der Waals surface area contributed by atoms with Crippen LogP contribution < -0.4 is 5.32 Å². The fraction of sp³-hybridized carbons (Fsp3) is 0.357. The highest BCUT2D eigenvalue weighted by atomic mass is 16.4. The molecule has 98 valence electrons. The van der Waals surface area contributed by atoms with Crippen molar-refractivity contribution in [2.75, 3.05) is 5.32 Å². The van der Waals surface area contributed by atoms with E-state index in [4.69, 9.17) is 10.4 Å². The number of benzene rings is 1. The predicted octanol–water partition coefficient (Wildman–Crippen LogP) is 2.14. The summed E-state index contributed by atoms with van der Waals surface area (Å²) in [5, 5.41) is 20.3. The average Bonchev–Trinajstić information content (AvgIpc) is 3.07. The Morgan fingerprint density at radius 1 is 1.37 bits per heavy atom. The van der Waals surface area contributed by atoms with Gasteiger partial charge in [0.2, 0.25) is 5.91 Å². The first kappa shape index (κ1) is 13.1. The Morgan fingerprint density at radius 2 is 2.11 bits per heavy atom. The lowest BCUT2D eigenvalue weighted by Gasteiger charge is -2.12. The van der Waals surface area contributed by atoms with E-state index in [-0.39, 0.29) is 24.2 Å². The molecule has 0 spiro atoms. The van der Waals surface area contributed by atoms with E-state index < -0.39 is 5.97 Å². The van der Waals surface area contributed by atoms with Crippen LogP contribution in [0.1, 0.15) is 31.2 Å². The molecule has 0 heterocycles. The average molecular weight is 258 g/mol. The van der Waals surface area contributed by atoms with E-state index in [1.165, 1.54) is 0 Å². The number of nitrogens with zero attached hydrogens (tertiary/aromatic N) is 1. The van der Waals surface area contributed by atoms with Gasteiger partial charge in [0.25, 0.3) is 0 Å². The number of anilines is 1. The fourth-order valence-electron chi connectivity index (χ4n) is 2.13. The van der Waals surface area contributed by atoms with Crippen molar-refractivity contribution < 1.29 is 14.7 Å². The van der Waals surface area contributed by atoms with E-state index in [1.54, 1.807) is 24.3 Å². The summed E-state index contributed by atoms with van der Waals surface area (Å²) in [6.45, 7) is 0. The summed E-state index contributed by atoms with van der Waals surface area (Å²) in [6.07, 6.45) is 1.82. The van der Waals surface area contributed by atoms with Crippen LogP contribution in [0.4, 0.5) is 5.69 Å². The van der Waals surface area contributed by atoms with Crippen molar-refractivity contribution in [2.24, 2.45) is 5.41 Å². The Hall–Kier alpha value is -2.35. The number of aliphatic carboxylic acids is 1. The normalized spacial score (nSPS) is 15.3. The van der Waals surface area contributed by atoms with E-state index in [0.717, 1.165) is 12.8 Å². The van der Waals surface area contributed by atoms with Crippen molar-refractivity contribution in [2.45, 2.75) is 25.7 Å². The maximum absolute atomic E-state index is 11.9. The molecular weight excluding hydrogens is 244 g/mol. The fourth-order valence-corrected chi connectivity index (χ4v) is 2.13. The molecule has 0 bridgehead atoms. The summed E-state index contributed by atoms with van der Waals surface area (Å²) < 4.78 is 0. The number of carbonyl (C=O) groups excluding carboxylic acids is 1. The molecule has 2 N–H and O–H groups in total. The van der Waals surface area contributed by atoms with Crippen LogP contribution in [-0.2, 0) is 9.59 Å². The summed E-state index contributed by atoms with van der Waals surface area (Å²) in [7, 11) is 0. The number of carboxylic acids is 1. The maximum Gasteiger partial charge on any atom is 0.303 e. The molecule has 1 amide bonds. The van der Waals surface area contributed by atoms with E-state index in [2.05, 4.69) is 5.32 Å². The number of carbonyl (C=O) groups is 2. The van der Waals surface area contributed by atoms with Gasteiger partial charge in [0.1, 0.15) is 0 Å². The SMILES string of the molecule is N#Cc1cccc(NC(=O)CC2(CC(=O)O)CC2)c1. The molecular formula is C14H14N2O3. The van der Waals surface area contributed by atoms with Crippen molar-refractivity contribution >= 4 is 17.6 Å². The van der Waals surface area contributed by atoms with Crippen molar-refractivity contribution in [3.05, 3.63) is 29.8 Å². The van der Waals surface area contributed by atoms with Gasteiger partial charge in [-0.1, -0.05) is 6.07 Å². The van der Waals surface area contributed by atoms with Gasteiger partial charge < -0.3 is 10.4 Å². The largest absolute Gasteiger partial charge is 0.481 e. The summed E-state index contributed by atoms with van der Waals surface area (Å²) >= 11 is 0. The van der Waals surface area contributed by atoms with Gasteiger partial charge in [-0.3, -0.25) is 9.59 Å². The zero-order valence-electron chi connectivity index (χ0n) is 10.3. The first-order valence-electron chi connectivity index (χ1n) is 6.05. The van der Waals surface area contributed by atoms with Gasteiger partial charge in [-0.05, 0) is 36.5 Å². The topological polar surface area (TPSA) is 90.2 Å². The monoisotopic (exact) mass is 258 g/mol. The first-order valence-corrected chi connectivity index (χ1v) is 6.05. The van der Waals surface area contributed by atoms with Gasteiger partial charge in [0.15, 0.2) is 0 Å². The second kappa shape index (κ2) is 5.11. The second-order valence-electron chi connectivity index (χ2n) is 4.99. The maximum atomic E-state index is 11.9. The summed E-state index contributed by atoms with van der Waals surface area (Å²) in [6, 6.07) is 8.64. The number of amides is 1. The smallest absolute Gasteiger partial charge is 0.303 e. The van der Waals surface area contributed by atoms with Crippen LogP contribution in [0.25, 0.3) is 0 Å². The Bertz CT molecular complexity index is 556. The van der Waals surface area contributed by atoms with Crippen molar-refractivity contribution in [1.82, 2.24) is 0 Å². The van der Waals surface area contributed by atoms with Crippen LogP contribution in [0.15, 0.2) is 24.3 Å². The minimum absolute atomic E-state index is 0.0403. The molecule has 0 aromatic heterocycles. The molecule has 1 fully saturated rings. The Balaban J connectivity index is 1.95. The molecule has 1 aliphatic carbocycles. The molecule has 19 heavy (non-hydrogen) atoms. The molecule has 1 aromatic rings. The molecule has 0 aliphatic heterocycles. The van der Waals surface area contributed by atoms with Crippen LogP contribution in [0.2, 0.25) is 0 Å². The number of rotatable bonds is 5. The van der Waals surface area contributed by atoms with Crippen LogP contribution in [0.5, 0.6) is 0 Å². The Morgan fingerprint density at radius 3 is 2.68 bits per heavy atom. The van der Waals surface area contributed by atoms with Crippen LogP contribution in [0, 0.1) is 16.7 Å². The van der Waals surface area contributed by atoms with Crippen molar-refractivity contribution in [3.63, 3.8) is 0 Å². The number of hydrogen-bond donors (Lipinski definition) is 2. The lowest BCUT2D eigenvalue weighted by Crippen LogP contribution is -2.19. The summed E-state index contributed by atoms with van der Waals surface area (Å²) in [5.74, 6) is -1.06. The highest BCUT2D eigenvalue weighted by Gasteiger charge is 2.45. The van der Waals surface area contributed by atoms with Gasteiger partial charge in [-0.25, -0.2) is 0 Å². The molecule has 5 heteroatoms. The van der Waals surface area contributed by atoms with E-state index in [1.807, 2.05) is 6.07 Å². The summed E-state index contributed by atoms with van der Waals surface area (Å²) in [4.78, 5) is 22.6. The first-order chi connectivity index (χ1) is 9.03. The molecule has 1 aromatic carbocycles. The number of nitriles is 1. The quantitative estimate of drug-likeness (QED) is 0.846. The Labute approximate surface area is 110 Å². The van der Waals surface area contributed by atoms with Gasteiger partial charge in [-0.15, -0.1) is 0 Å². The van der Waals surface area contributed by atoms with E-state index >= 15 is 0 Å². The third kappa shape index (κ3) is 3.55. The van der Waals surface area contributed by atoms with E-state index in [9.17, 15) is 9.59 Å². The molecule has 1 saturated carbocycles. The van der Waals surface area contributed by atoms with Crippen LogP contribution in [0.3, 0.4) is 0 Å². The summed E-state index contributed by atoms with van der Waals surface area (Å²) in [5.41, 5.74) is 0.683. The van der Waals surface area contributed by atoms with Crippen LogP contribution in [-0.4, -0.2) is 17.0 Å². The molecule has 0 atom stereocenters. The molecule has 0 unspecified atom stereocenters. The Kier molecular flexibility index (Phi) is 3.52. The lowest BCUT2D eigenvalue weighted by atomic mass is 9.98. The number of hydrogen-bond acceptors (Lipinski definition) is 3. The van der Waals surface area contributed by atoms with Crippen LogP contribution >= 0.6 is 0 Å². The molecule has 0 saturated heterocycles. The zero-order valence-corrected chi connectivity index (χ0v) is 10.3. The van der Waals surface area contributed by atoms with Gasteiger partial charge in [0, 0.05) is 12.1 Å². The highest BCUT2D eigenvalue weighted by molar-refractivity contribution is 5.92. The molecule has 0 radical (unpaired) electrons. The molecule has 5 nitrogen and oxygen atoms in total. The second-order valence-corrected chi connectivity index (χ2v) is 4.99. The number of carboxylic acid groups (broad SMARTS) is 1. The standard InChI is InChI=1S/C14H14N2O3/c15-9-10-2-1-3-11(6-10)16-12(17)7-14(4-5-14)8-13(18)19/h1-3,6H,4-5,7-8H2,(H,16,17)(H,18,19). The third-order valence-electron chi connectivity index (χ3n) is 3.29. The van der Waals surface area contributed by atoms with Crippen molar-refractivity contribution in [1.29, 1.82) is 5.26 Å². The number of nitrogens with one attached hydrogen (secondary N) is 1. The zero-order chi connectivity index (χ0) is 13.9. The highest BCUT2D eigenvalue weighted by Crippen LogP contribution is 2.51. The third-order valence-corrected chi connectivity index (χ3v) is 3.29. The molecule has 1 aliphatic rings. The minimum Gasteiger partial charge on any atom is -0.481 e. The van der Waals surface area contributed by atoms with Gasteiger partial charge >= 0.3 is 5.97 Å². The molecule has 2 rings (SSSR count). The van der Waals surface area contributed by atoms with Crippen molar-refractivity contribution in [3.8, 4) is 6.07 Å². The predicted molar refractivity (Wildman–Crippen MR) is 68.3 cm³/mol.